The Bertz CT molecular complexity index is 846. The second-order valence-corrected chi connectivity index (χ2v) is 6.49. The van der Waals surface area contributed by atoms with Crippen LogP contribution in [0.25, 0.3) is 0 Å². The van der Waals surface area contributed by atoms with Gasteiger partial charge in [-0.2, -0.15) is 0 Å². The fourth-order valence-electron chi connectivity index (χ4n) is 2.56. The molecule has 2 aromatic carbocycles. The van der Waals surface area contributed by atoms with Crippen LogP contribution in [0.2, 0.25) is 0 Å². The van der Waals surface area contributed by atoms with E-state index in [0.29, 0.717) is 22.6 Å². The maximum Gasteiger partial charge on any atom is 0.337 e. The van der Waals surface area contributed by atoms with Crippen molar-refractivity contribution in [2.75, 3.05) is 19.5 Å². The summed E-state index contributed by atoms with van der Waals surface area (Å²) in [5.74, 6) is -0.741. The molecule has 0 aromatic heterocycles. The molecule has 7 nitrogen and oxygen atoms in total. The van der Waals surface area contributed by atoms with E-state index >= 15 is 0 Å². The lowest BCUT2D eigenvalue weighted by molar-refractivity contribution is -0.118. The topological polar surface area (TPSA) is 93.7 Å². The lowest BCUT2D eigenvalue weighted by Crippen LogP contribution is -2.47. The smallest absolute Gasteiger partial charge is 0.337 e. The Balaban J connectivity index is 2.11. The zero-order chi connectivity index (χ0) is 20.7. The number of ether oxygens (including phenoxy) is 2. The average molecular weight is 384 g/mol. The molecule has 0 unspecified atom stereocenters. The number of nitrogens with one attached hydrogen (secondary N) is 2. The molecular weight excluding hydrogens is 360 g/mol. The highest BCUT2D eigenvalue weighted by molar-refractivity contribution is 6.02. The van der Waals surface area contributed by atoms with E-state index in [4.69, 9.17) is 4.74 Å². The van der Waals surface area contributed by atoms with Gasteiger partial charge < -0.3 is 20.1 Å². The van der Waals surface area contributed by atoms with E-state index in [9.17, 15) is 14.4 Å². The van der Waals surface area contributed by atoms with Crippen LogP contribution in [-0.4, -0.2) is 38.0 Å². The first-order valence-corrected chi connectivity index (χ1v) is 8.80. The summed E-state index contributed by atoms with van der Waals surface area (Å²) in [6.07, 6.45) is 0. The fraction of sp³-hybridized carbons (Fsp3) is 0.286. The Kier molecular flexibility index (Phi) is 7.14. The van der Waals surface area contributed by atoms with Gasteiger partial charge >= 0.3 is 5.97 Å². The molecule has 2 amide bonds. The fourth-order valence-corrected chi connectivity index (χ4v) is 2.56. The van der Waals surface area contributed by atoms with Crippen molar-refractivity contribution in [3.05, 3.63) is 59.7 Å². The van der Waals surface area contributed by atoms with Gasteiger partial charge in [-0.15, -0.1) is 0 Å². The third kappa shape index (κ3) is 5.33. The number of hydrogen-bond donors (Lipinski definition) is 2. The van der Waals surface area contributed by atoms with Crippen LogP contribution in [0.3, 0.4) is 0 Å². The number of rotatable bonds is 7. The van der Waals surface area contributed by atoms with E-state index in [1.54, 1.807) is 49.6 Å². The molecule has 0 heterocycles. The lowest BCUT2D eigenvalue weighted by atomic mass is 10.0. The Hall–Kier alpha value is -3.35. The Labute approximate surface area is 164 Å². The predicted octanol–water partition coefficient (Wildman–Crippen LogP) is 2.87. The number of methoxy groups -OCH3 is 2. The van der Waals surface area contributed by atoms with Gasteiger partial charge in [-0.3, -0.25) is 9.59 Å². The predicted molar refractivity (Wildman–Crippen MR) is 105 cm³/mol. The second-order valence-electron chi connectivity index (χ2n) is 6.49. The quantitative estimate of drug-likeness (QED) is 0.716. The van der Waals surface area contributed by atoms with Crippen LogP contribution < -0.4 is 15.4 Å². The summed E-state index contributed by atoms with van der Waals surface area (Å²) in [6.45, 7) is 3.67. The molecule has 7 heteroatoms. The molecule has 0 aliphatic heterocycles. The van der Waals surface area contributed by atoms with Crippen LogP contribution in [0.1, 0.15) is 34.6 Å². The summed E-state index contributed by atoms with van der Waals surface area (Å²) in [6, 6.07) is 12.3. The third-order valence-electron chi connectivity index (χ3n) is 4.14. The third-order valence-corrected chi connectivity index (χ3v) is 4.14. The molecule has 1 atom stereocenters. The molecule has 148 valence electrons. The van der Waals surface area contributed by atoms with Gasteiger partial charge in [0, 0.05) is 11.3 Å². The zero-order valence-electron chi connectivity index (χ0n) is 16.3. The van der Waals surface area contributed by atoms with Gasteiger partial charge in [0.25, 0.3) is 5.91 Å². The number of carbonyl (C=O) groups is 3. The van der Waals surface area contributed by atoms with Crippen LogP contribution in [0, 0.1) is 5.92 Å². The van der Waals surface area contributed by atoms with Crippen molar-refractivity contribution in [3.63, 3.8) is 0 Å². The number of benzene rings is 2. The molecule has 0 radical (unpaired) electrons. The normalized spacial score (nSPS) is 11.5. The standard InChI is InChI=1S/C21H24N2O5/c1-13(2)18(23-19(24)14-8-10-17(27-3)11-9-14)20(25)22-16-7-5-6-15(12-16)21(26)28-4/h5-13,18H,1-4H3,(H,22,25)(H,23,24)/t18-/m1/s1. The average Bonchev–Trinajstić information content (AvgIpc) is 2.71. The summed E-state index contributed by atoms with van der Waals surface area (Å²) < 4.78 is 9.76. The van der Waals surface area contributed by atoms with E-state index in [1.165, 1.54) is 13.2 Å². The molecule has 0 bridgehead atoms. The SMILES string of the molecule is COC(=O)c1cccc(NC(=O)[C@H](NC(=O)c2ccc(OC)cc2)C(C)C)c1. The van der Waals surface area contributed by atoms with Crippen molar-refractivity contribution in [1.82, 2.24) is 5.32 Å². The highest BCUT2D eigenvalue weighted by Crippen LogP contribution is 2.15. The number of hydrogen-bond acceptors (Lipinski definition) is 5. The number of anilines is 1. The van der Waals surface area contributed by atoms with E-state index < -0.39 is 12.0 Å². The molecule has 0 saturated heterocycles. The van der Waals surface area contributed by atoms with Crippen LogP contribution in [-0.2, 0) is 9.53 Å². The van der Waals surface area contributed by atoms with Crippen molar-refractivity contribution in [2.45, 2.75) is 19.9 Å². The van der Waals surface area contributed by atoms with Crippen molar-refractivity contribution >= 4 is 23.5 Å². The highest BCUT2D eigenvalue weighted by Gasteiger charge is 2.25. The minimum atomic E-state index is -0.753. The molecular formula is C21H24N2O5. The van der Waals surface area contributed by atoms with Gasteiger partial charge in [0.05, 0.1) is 19.8 Å². The van der Waals surface area contributed by atoms with Crippen molar-refractivity contribution < 1.29 is 23.9 Å². The Morgan fingerprint density at radius 1 is 0.929 bits per heavy atom. The molecule has 0 fully saturated rings. The van der Waals surface area contributed by atoms with E-state index in [2.05, 4.69) is 15.4 Å². The van der Waals surface area contributed by atoms with Crippen LogP contribution in [0.5, 0.6) is 5.75 Å². The Morgan fingerprint density at radius 2 is 1.61 bits per heavy atom. The van der Waals surface area contributed by atoms with Gasteiger partial charge in [0.15, 0.2) is 0 Å². The van der Waals surface area contributed by atoms with E-state index in [0.717, 1.165) is 0 Å². The molecule has 2 rings (SSSR count). The van der Waals surface area contributed by atoms with Gasteiger partial charge in [-0.25, -0.2) is 4.79 Å². The van der Waals surface area contributed by atoms with Crippen LogP contribution >= 0.6 is 0 Å². The first-order valence-electron chi connectivity index (χ1n) is 8.80. The maximum atomic E-state index is 12.7. The molecule has 2 aromatic rings. The van der Waals surface area contributed by atoms with Gasteiger partial charge in [-0.1, -0.05) is 19.9 Å². The summed E-state index contributed by atoms with van der Waals surface area (Å²) in [7, 11) is 2.83. The summed E-state index contributed by atoms with van der Waals surface area (Å²) in [5.41, 5.74) is 1.19. The molecule has 28 heavy (non-hydrogen) atoms. The molecule has 0 saturated carbocycles. The highest BCUT2D eigenvalue weighted by atomic mass is 16.5. The molecule has 0 aliphatic rings. The van der Waals surface area contributed by atoms with Gasteiger partial charge in [0.2, 0.25) is 5.91 Å². The van der Waals surface area contributed by atoms with Crippen LogP contribution in [0.15, 0.2) is 48.5 Å². The largest absolute Gasteiger partial charge is 0.497 e. The van der Waals surface area contributed by atoms with E-state index in [1.807, 2.05) is 13.8 Å². The van der Waals surface area contributed by atoms with Crippen molar-refractivity contribution in [3.8, 4) is 5.75 Å². The van der Waals surface area contributed by atoms with Crippen LogP contribution in [0.4, 0.5) is 5.69 Å². The minimum Gasteiger partial charge on any atom is -0.497 e. The minimum absolute atomic E-state index is 0.147. The second kappa shape index (κ2) is 9.55. The number of amides is 2. The Morgan fingerprint density at radius 3 is 2.18 bits per heavy atom. The first-order chi connectivity index (χ1) is 13.3. The monoisotopic (exact) mass is 384 g/mol. The number of carbonyl (C=O) groups excluding carboxylic acids is 3. The molecule has 2 N–H and O–H groups in total. The lowest BCUT2D eigenvalue weighted by Gasteiger charge is -2.22. The van der Waals surface area contributed by atoms with Gasteiger partial charge in [-0.05, 0) is 48.4 Å². The van der Waals surface area contributed by atoms with Crippen molar-refractivity contribution in [1.29, 1.82) is 0 Å². The first kappa shape index (κ1) is 21.0. The summed E-state index contributed by atoms with van der Waals surface area (Å²) >= 11 is 0. The molecule has 0 aliphatic carbocycles. The number of esters is 1. The van der Waals surface area contributed by atoms with Gasteiger partial charge in [0.1, 0.15) is 11.8 Å². The van der Waals surface area contributed by atoms with E-state index in [-0.39, 0.29) is 17.7 Å². The zero-order valence-corrected chi connectivity index (χ0v) is 16.3. The maximum absolute atomic E-state index is 12.7. The molecule has 0 spiro atoms. The summed E-state index contributed by atoms with van der Waals surface area (Å²) in [4.78, 5) is 36.9. The van der Waals surface area contributed by atoms with Crippen molar-refractivity contribution in [2.24, 2.45) is 5.92 Å². The summed E-state index contributed by atoms with van der Waals surface area (Å²) in [5, 5.41) is 5.49.